The van der Waals surface area contributed by atoms with E-state index in [4.69, 9.17) is 11.6 Å². The molecule has 0 aliphatic carbocycles. The molecule has 5 nitrogen and oxygen atoms in total. The van der Waals surface area contributed by atoms with Crippen LogP contribution in [0, 0.1) is 11.6 Å². The normalized spacial score (nSPS) is 11.1. The summed E-state index contributed by atoms with van der Waals surface area (Å²) >= 11 is 7.28. The van der Waals surface area contributed by atoms with Gasteiger partial charge in [0, 0.05) is 25.5 Å². The number of anilines is 1. The number of halogens is 3. The third kappa shape index (κ3) is 4.13. The molecule has 2 aromatic heterocycles. The quantitative estimate of drug-likeness (QED) is 0.423. The zero-order chi connectivity index (χ0) is 20.4. The van der Waals surface area contributed by atoms with Crippen LogP contribution in [0.1, 0.15) is 16.8 Å². The van der Waals surface area contributed by atoms with E-state index >= 15 is 0 Å². The average molecular weight is 433 g/mol. The van der Waals surface area contributed by atoms with Crippen LogP contribution in [0.3, 0.4) is 0 Å². The standard InChI is InChI=1S/C20H15ClF2N4OS/c21-14-3-1-4-15(23)18(14)19(28)27(9-2-8-26-10-7-24-12-26)20-25-16-6-5-13(22)11-17(16)29-20/h1,3-7,10-12H,2,8-9H2. The van der Waals surface area contributed by atoms with Crippen LogP contribution in [0.15, 0.2) is 55.1 Å². The van der Waals surface area contributed by atoms with Crippen LogP contribution in [-0.4, -0.2) is 27.0 Å². The van der Waals surface area contributed by atoms with Gasteiger partial charge in [-0.05, 0) is 36.8 Å². The van der Waals surface area contributed by atoms with E-state index in [0.29, 0.717) is 28.3 Å². The van der Waals surface area contributed by atoms with Crippen molar-refractivity contribution in [1.82, 2.24) is 14.5 Å². The van der Waals surface area contributed by atoms with Crippen molar-refractivity contribution in [2.75, 3.05) is 11.4 Å². The Labute approximate surface area is 174 Å². The molecule has 0 radical (unpaired) electrons. The van der Waals surface area contributed by atoms with Crippen molar-refractivity contribution in [3.8, 4) is 0 Å². The zero-order valence-electron chi connectivity index (χ0n) is 15.1. The molecule has 0 fully saturated rings. The highest BCUT2D eigenvalue weighted by Gasteiger charge is 2.25. The summed E-state index contributed by atoms with van der Waals surface area (Å²) in [5.41, 5.74) is 0.362. The number of benzene rings is 2. The van der Waals surface area contributed by atoms with E-state index in [2.05, 4.69) is 9.97 Å². The summed E-state index contributed by atoms with van der Waals surface area (Å²) in [6.07, 6.45) is 5.75. The lowest BCUT2D eigenvalue weighted by molar-refractivity contribution is 0.0982. The van der Waals surface area contributed by atoms with Gasteiger partial charge in [0.15, 0.2) is 5.13 Å². The molecule has 0 spiro atoms. The van der Waals surface area contributed by atoms with Crippen LogP contribution in [0.4, 0.5) is 13.9 Å². The molecule has 0 saturated carbocycles. The summed E-state index contributed by atoms with van der Waals surface area (Å²) in [5, 5.41) is 0.391. The topological polar surface area (TPSA) is 51.0 Å². The van der Waals surface area contributed by atoms with E-state index in [1.165, 1.54) is 46.6 Å². The summed E-state index contributed by atoms with van der Waals surface area (Å²) < 4.78 is 30.4. The maximum absolute atomic E-state index is 14.4. The molecule has 0 bridgehead atoms. The Kier molecular flexibility index (Phi) is 5.55. The van der Waals surface area contributed by atoms with Crippen molar-refractivity contribution in [1.29, 1.82) is 0 Å². The van der Waals surface area contributed by atoms with Gasteiger partial charge in [0.05, 0.1) is 27.1 Å². The highest BCUT2D eigenvalue weighted by atomic mass is 35.5. The predicted molar refractivity (Wildman–Crippen MR) is 110 cm³/mol. The minimum Gasteiger partial charge on any atom is -0.337 e. The first-order chi connectivity index (χ1) is 14.0. The summed E-state index contributed by atoms with van der Waals surface area (Å²) in [4.78, 5) is 23.0. The smallest absolute Gasteiger partial charge is 0.264 e. The number of carbonyl (C=O) groups is 1. The zero-order valence-corrected chi connectivity index (χ0v) is 16.6. The van der Waals surface area contributed by atoms with Crippen LogP contribution in [0.5, 0.6) is 0 Å². The summed E-state index contributed by atoms with van der Waals surface area (Å²) in [7, 11) is 0. The monoisotopic (exact) mass is 432 g/mol. The molecule has 0 unspecified atom stereocenters. The molecule has 148 valence electrons. The molecular formula is C20H15ClF2N4OS. The minimum absolute atomic E-state index is 0.0294. The van der Waals surface area contributed by atoms with Crippen molar-refractivity contribution in [2.45, 2.75) is 13.0 Å². The van der Waals surface area contributed by atoms with E-state index in [1.54, 1.807) is 18.6 Å². The van der Waals surface area contributed by atoms with Gasteiger partial charge in [-0.3, -0.25) is 9.69 Å². The fourth-order valence-corrected chi connectivity index (χ4v) is 4.21. The largest absolute Gasteiger partial charge is 0.337 e. The number of rotatable bonds is 6. The minimum atomic E-state index is -0.700. The van der Waals surface area contributed by atoms with Crippen molar-refractivity contribution < 1.29 is 13.6 Å². The highest BCUT2D eigenvalue weighted by molar-refractivity contribution is 7.22. The fraction of sp³-hybridized carbons (Fsp3) is 0.150. The summed E-state index contributed by atoms with van der Waals surface area (Å²) in [5.74, 6) is -1.67. The van der Waals surface area contributed by atoms with Crippen LogP contribution in [0.25, 0.3) is 10.2 Å². The third-order valence-corrected chi connectivity index (χ3v) is 5.71. The predicted octanol–water partition coefficient (Wildman–Crippen LogP) is 5.16. The SMILES string of the molecule is O=C(c1c(F)cccc1Cl)N(CCCn1ccnc1)c1nc2ccc(F)cc2s1. The number of thiazole rings is 1. The second-order valence-corrected chi connectivity index (χ2v) is 7.73. The van der Waals surface area contributed by atoms with E-state index in [1.807, 2.05) is 10.8 Å². The molecule has 1 amide bonds. The van der Waals surface area contributed by atoms with Gasteiger partial charge in [-0.25, -0.2) is 18.7 Å². The Morgan fingerprint density at radius 3 is 2.86 bits per heavy atom. The van der Waals surface area contributed by atoms with Crippen LogP contribution in [-0.2, 0) is 6.54 Å². The second-order valence-electron chi connectivity index (χ2n) is 6.32. The molecule has 2 heterocycles. The van der Waals surface area contributed by atoms with Crippen molar-refractivity contribution in [3.05, 3.63) is 77.3 Å². The molecule has 2 aromatic carbocycles. The second kappa shape index (κ2) is 8.26. The fourth-order valence-electron chi connectivity index (χ4n) is 2.95. The molecule has 4 aromatic rings. The van der Waals surface area contributed by atoms with E-state index in [-0.39, 0.29) is 22.9 Å². The third-order valence-electron chi connectivity index (χ3n) is 4.35. The Balaban J connectivity index is 1.68. The molecule has 0 aliphatic heterocycles. The first kappa shape index (κ1) is 19.5. The van der Waals surface area contributed by atoms with E-state index in [9.17, 15) is 13.6 Å². The van der Waals surface area contributed by atoms with Crippen molar-refractivity contribution in [3.63, 3.8) is 0 Å². The maximum atomic E-state index is 14.4. The number of carbonyl (C=O) groups excluding carboxylic acids is 1. The van der Waals surface area contributed by atoms with Crippen molar-refractivity contribution in [2.24, 2.45) is 0 Å². The lowest BCUT2D eigenvalue weighted by Crippen LogP contribution is -2.33. The Hall–Kier alpha value is -2.84. The molecule has 0 saturated heterocycles. The average Bonchev–Trinajstić information content (AvgIpc) is 3.34. The number of amides is 1. The maximum Gasteiger partial charge on any atom is 0.264 e. The molecule has 29 heavy (non-hydrogen) atoms. The van der Waals surface area contributed by atoms with Gasteiger partial charge in [0.2, 0.25) is 0 Å². The first-order valence-electron chi connectivity index (χ1n) is 8.80. The summed E-state index contributed by atoms with van der Waals surface area (Å²) in [6, 6.07) is 8.32. The molecular weight excluding hydrogens is 418 g/mol. The van der Waals surface area contributed by atoms with Gasteiger partial charge in [-0.2, -0.15) is 0 Å². The Morgan fingerprint density at radius 1 is 1.24 bits per heavy atom. The molecule has 0 aliphatic rings. The summed E-state index contributed by atoms with van der Waals surface area (Å²) in [6.45, 7) is 0.901. The van der Waals surface area contributed by atoms with Gasteiger partial charge >= 0.3 is 0 Å². The number of imidazole rings is 1. The lowest BCUT2D eigenvalue weighted by Gasteiger charge is -2.21. The molecule has 0 atom stereocenters. The van der Waals surface area contributed by atoms with Crippen LogP contribution >= 0.6 is 22.9 Å². The molecule has 0 N–H and O–H groups in total. The molecule has 9 heteroatoms. The van der Waals surface area contributed by atoms with E-state index < -0.39 is 11.7 Å². The highest BCUT2D eigenvalue weighted by Crippen LogP contribution is 2.32. The number of aryl methyl sites for hydroxylation is 1. The Bertz CT molecular complexity index is 1140. The number of nitrogens with zero attached hydrogens (tertiary/aromatic N) is 4. The molecule has 4 rings (SSSR count). The van der Waals surface area contributed by atoms with Gasteiger partial charge in [0.25, 0.3) is 5.91 Å². The first-order valence-corrected chi connectivity index (χ1v) is 10.00. The van der Waals surface area contributed by atoms with Gasteiger partial charge in [-0.1, -0.05) is 29.0 Å². The number of hydrogen-bond donors (Lipinski definition) is 0. The lowest BCUT2D eigenvalue weighted by atomic mass is 10.2. The van der Waals surface area contributed by atoms with Crippen LogP contribution < -0.4 is 4.90 Å². The van der Waals surface area contributed by atoms with Crippen LogP contribution in [0.2, 0.25) is 5.02 Å². The van der Waals surface area contributed by atoms with Gasteiger partial charge in [-0.15, -0.1) is 0 Å². The number of fused-ring (bicyclic) bond motifs is 1. The number of hydrogen-bond acceptors (Lipinski definition) is 4. The van der Waals surface area contributed by atoms with Gasteiger partial charge < -0.3 is 4.57 Å². The number of aromatic nitrogens is 3. The van der Waals surface area contributed by atoms with E-state index in [0.717, 1.165) is 0 Å². The Morgan fingerprint density at radius 2 is 2.10 bits per heavy atom. The van der Waals surface area contributed by atoms with Gasteiger partial charge in [0.1, 0.15) is 11.6 Å². The van der Waals surface area contributed by atoms with Crippen molar-refractivity contribution >= 4 is 44.2 Å².